The lowest BCUT2D eigenvalue weighted by Crippen LogP contribution is -2.56. The van der Waals surface area contributed by atoms with Crippen LogP contribution in [0.3, 0.4) is 0 Å². The van der Waals surface area contributed by atoms with Crippen LogP contribution in [0.4, 0.5) is 0 Å². The van der Waals surface area contributed by atoms with E-state index in [9.17, 15) is 14.4 Å². The number of benzene rings is 1. The lowest BCUT2D eigenvalue weighted by Gasteiger charge is -2.41. The van der Waals surface area contributed by atoms with Gasteiger partial charge in [-0.05, 0) is 74.1 Å². The van der Waals surface area contributed by atoms with Gasteiger partial charge in [0.15, 0.2) is 0 Å². The van der Waals surface area contributed by atoms with Crippen LogP contribution in [-0.2, 0) is 24.5 Å². The number of hydrogen-bond acceptors (Lipinski definition) is 7. The molecule has 0 N–H and O–H groups in total. The van der Waals surface area contributed by atoms with E-state index in [2.05, 4.69) is 20.8 Å². The minimum absolute atomic E-state index is 0.0333. The maximum absolute atomic E-state index is 14.6. The van der Waals surface area contributed by atoms with Gasteiger partial charge in [-0.3, -0.25) is 9.59 Å². The van der Waals surface area contributed by atoms with Crippen molar-refractivity contribution < 1.29 is 28.6 Å². The number of nitrogens with zero attached hydrogens (tertiary/aromatic N) is 1. The molecule has 3 rings (SSSR count). The topological polar surface area (TPSA) is 82.1 Å². The van der Waals surface area contributed by atoms with Gasteiger partial charge in [0, 0.05) is 10.4 Å². The van der Waals surface area contributed by atoms with Crippen LogP contribution >= 0.6 is 11.3 Å². The Balaban J connectivity index is 2.30. The Morgan fingerprint density at radius 1 is 1.08 bits per heavy atom. The Labute approximate surface area is 236 Å². The summed E-state index contributed by atoms with van der Waals surface area (Å²) in [5.41, 5.74) is -1.01. The molecule has 2 heterocycles. The zero-order chi connectivity index (χ0) is 29.3. The van der Waals surface area contributed by atoms with Crippen LogP contribution in [0.15, 0.2) is 35.7 Å². The summed E-state index contributed by atoms with van der Waals surface area (Å²) in [6, 6.07) is 8.50. The third-order valence-corrected chi connectivity index (χ3v) is 7.96. The molecule has 1 aliphatic heterocycles. The summed E-state index contributed by atoms with van der Waals surface area (Å²) in [7, 11) is 2.92. The van der Waals surface area contributed by atoms with Gasteiger partial charge in [-0.25, -0.2) is 4.79 Å². The Hall–Kier alpha value is -2.87. The molecule has 1 aromatic heterocycles. The Kier molecular flexibility index (Phi) is 8.90. The normalized spacial score (nSPS) is 21.7. The summed E-state index contributed by atoms with van der Waals surface area (Å²) in [4.78, 5) is 44.4. The van der Waals surface area contributed by atoms with Crippen LogP contribution in [0.1, 0.15) is 95.1 Å². The number of amides is 1. The molecule has 1 fully saturated rings. The molecule has 0 aliphatic carbocycles. The zero-order valence-electron chi connectivity index (χ0n) is 24.9. The van der Waals surface area contributed by atoms with Gasteiger partial charge in [-0.15, -0.1) is 11.3 Å². The van der Waals surface area contributed by atoms with Crippen molar-refractivity contribution in [2.75, 3.05) is 14.2 Å². The fraction of sp³-hybridized carbons (Fsp3) is 0.581. The summed E-state index contributed by atoms with van der Waals surface area (Å²) in [6.07, 6.45) is 0.443. The van der Waals surface area contributed by atoms with Crippen LogP contribution in [0.5, 0.6) is 5.75 Å². The van der Waals surface area contributed by atoms with E-state index in [1.807, 2.05) is 37.4 Å². The highest BCUT2D eigenvalue weighted by molar-refractivity contribution is 7.10. The van der Waals surface area contributed by atoms with Crippen molar-refractivity contribution in [3.63, 3.8) is 0 Å². The number of carbonyl (C=O) groups excluding carboxylic acids is 3. The number of ether oxygens (including phenoxy) is 3. The predicted molar refractivity (Wildman–Crippen MR) is 153 cm³/mol. The number of methoxy groups -OCH3 is 2. The van der Waals surface area contributed by atoms with Crippen molar-refractivity contribution in [2.24, 2.45) is 11.8 Å². The molecule has 0 saturated carbocycles. The van der Waals surface area contributed by atoms with Gasteiger partial charge in [0.1, 0.15) is 16.9 Å². The minimum atomic E-state index is -1.37. The summed E-state index contributed by atoms with van der Waals surface area (Å²) in [5.74, 6) is -1.43. The van der Waals surface area contributed by atoms with Gasteiger partial charge in [-0.1, -0.05) is 46.8 Å². The van der Waals surface area contributed by atoms with Crippen molar-refractivity contribution in [2.45, 2.75) is 90.8 Å². The average Bonchev–Trinajstić information content (AvgIpc) is 3.47. The molecule has 0 bridgehead atoms. The largest absolute Gasteiger partial charge is 0.496 e. The smallest absolute Gasteiger partial charge is 0.332 e. The molecular weight excluding hydrogens is 514 g/mol. The minimum Gasteiger partial charge on any atom is -0.496 e. The van der Waals surface area contributed by atoms with Gasteiger partial charge in [0.05, 0.1) is 26.2 Å². The van der Waals surface area contributed by atoms with Crippen molar-refractivity contribution in [1.82, 2.24) is 4.90 Å². The van der Waals surface area contributed by atoms with Gasteiger partial charge in [0.25, 0.3) is 5.91 Å². The van der Waals surface area contributed by atoms with E-state index >= 15 is 0 Å². The van der Waals surface area contributed by atoms with Crippen LogP contribution < -0.4 is 4.74 Å². The maximum atomic E-state index is 14.6. The van der Waals surface area contributed by atoms with E-state index in [1.54, 1.807) is 44.9 Å². The van der Waals surface area contributed by atoms with Gasteiger partial charge < -0.3 is 19.1 Å². The quantitative estimate of drug-likeness (QED) is 0.359. The summed E-state index contributed by atoms with van der Waals surface area (Å²) in [5, 5.41) is 1.91. The van der Waals surface area contributed by atoms with Gasteiger partial charge in [-0.2, -0.15) is 0 Å². The van der Waals surface area contributed by atoms with Crippen LogP contribution in [-0.4, -0.2) is 48.1 Å². The molecule has 0 unspecified atom stereocenters. The molecule has 2 aromatic rings. The van der Waals surface area contributed by atoms with Crippen LogP contribution in [0.25, 0.3) is 0 Å². The molecule has 3 atom stereocenters. The molecule has 39 heavy (non-hydrogen) atoms. The third kappa shape index (κ3) is 6.32. The first-order valence-electron chi connectivity index (χ1n) is 13.4. The lowest BCUT2D eigenvalue weighted by atomic mass is 9.83. The number of thiophene rings is 1. The molecule has 8 heteroatoms. The van der Waals surface area contributed by atoms with Crippen LogP contribution in [0.2, 0.25) is 0 Å². The number of hydrogen-bond donors (Lipinski definition) is 0. The Bertz CT molecular complexity index is 1190. The standard InChI is InChI=1S/C31H43NO6S/c1-19(2)17-31(28(35)38-30(6,7)8)18-21(27(34)37-10)25(24-12-11-15-39-24)32(31)26(33)20-13-14-22(29(3,4)5)23(16-20)36-9/h11-16,19,21,25H,17-18H2,1-10H3/t21-,25+,31+/m1/s1. The molecule has 214 valence electrons. The molecule has 1 aliphatic rings. The fourth-order valence-corrected chi connectivity index (χ4v) is 6.45. The van der Waals surface area contributed by atoms with Crippen molar-refractivity contribution in [1.29, 1.82) is 0 Å². The highest BCUT2D eigenvalue weighted by Gasteiger charge is 2.62. The summed E-state index contributed by atoms with van der Waals surface area (Å²) < 4.78 is 16.9. The average molecular weight is 558 g/mol. The second kappa shape index (κ2) is 11.3. The first kappa shape index (κ1) is 30.7. The first-order valence-corrected chi connectivity index (χ1v) is 14.3. The van der Waals surface area contributed by atoms with Crippen molar-refractivity contribution in [3.8, 4) is 5.75 Å². The van der Waals surface area contributed by atoms with E-state index in [4.69, 9.17) is 14.2 Å². The second-order valence-corrected chi connectivity index (χ2v) is 13.7. The highest BCUT2D eigenvalue weighted by atomic mass is 32.1. The van der Waals surface area contributed by atoms with E-state index in [0.717, 1.165) is 10.4 Å². The van der Waals surface area contributed by atoms with E-state index in [-0.39, 0.29) is 23.7 Å². The number of likely N-dealkylation sites (tertiary alicyclic amines) is 1. The summed E-state index contributed by atoms with van der Waals surface area (Å²) >= 11 is 1.45. The molecule has 1 amide bonds. The molecular formula is C31H43NO6S. The summed E-state index contributed by atoms with van der Waals surface area (Å²) in [6.45, 7) is 15.7. The molecule has 1 aromatic carbocycles. The predicted octanol–water partition coefficient (Wildman–Crippen LogP) is 6.56. The van der Waals surface area contributed by atoms with Crippen molar-refractivity contribution in [3.05, 3.63) is 51.7 Å². The van der Waals surface area contributed by atoms with Crippen molar-refractivity contribution >= 4 is 29.2 Å². The zero-order valence-corrected chi connectivity index (χ0v) is 25.7. The first-order chi connectivity index (χ1) is 18.1. The number of esters is 2. The fourth-order valence-electron chi connectivity index (χ4n) is 5.57. The number of rotatable bonds is 7. The Morgan fingerprint density at radius 2 is 1.74 bits per heavy atom. The number of carbonyl (C=O) groups is 3. The van der Waals surface area contributed by atoms with E-state index in [1.165, 1.54) is 18.4 Å². The Morgan fingerprint density at radius 3 is 2.23 bits per heavy atom. The molecule has 0 radical (unpaired) electrons. The third-order valence-electron chi connectivity index (χ3n) is 7.02. The molecule has 0 spiro atoms. The maximum Gasteiger partial charge on any atom is 0.332 e. The van der Waals surface area contributed by atoms with Gasteiger partial charge in [0.2, 0.25) is 0 Å². The monoisotopic (exact) mass is 557 g/mol. The molecule has 1 saturated heterocycles. The van der Waals surface area contributed by atoms with E-state index < -0.39 is 35.0 Å². The molecule has 7 nitrogen and oxygen atoms in total. The van der Waals surface area contributed by atoms with E-state index in [0.29, 0.717) is 17.7 Å². The van der Waals surface area contributed by atoms with Crippen LogP contribution in [0, 0.1) is 11.8 Å². The SMILES string of the molecule is COC(=O)[C@@H]1C[C@@](CC(C)C)(C(=O)OC(C)(C)C)N(C(=O)c2ccc(C(C)(C)C)c(OC)c2)[C@@H]1c1cccs1. The highest BCUT2D eigenvalue weighted by Crippen LogP contribution is 2.52. The van der Waals surface area contributed by atoms with Gasteiger partial charge >= 0.3 is 11.9 Å². The second-order valence-electron chi connectivity index (χ2n) is 12.8. The lowest BCUT2D eigenvalue weighted by molar-refractivity contribution is -0.168.